The van der Waals surface area contributed by atoms with Crippen molar-refractivity contribution in [3.05, 3.63) is 55.2 Å². The maximum atomic E-state index is 4.58. The number of hydrogen-bond acceptors (Lipinski definition) is 2. The molecule has 0 bridgehead atoms. The van der Waals surface area contributed by atoms with E-state index in [4.69, 9.17) is 0 Å². The van der Waals surface area contributed by atoms with E-state index >= 15 is 0 Å². The Balaban J connectivity index is 0.000000810. The number of benzene rings is 1. The molecule has 0 aliphatic carbocycles. The fourth-order valence-electron chi connectivity index (χ4n) is 1.96. The molecular weight excluding hydrogens is 315 g/mol. The molecule has 2 nitrogen and oxygen atoms in total. The number of aryl methyl sites for hydroxylation is 2. The Morgan fingerprint density at radius 2 is 1.00 bits per heavy atom. The summed E-state index contributed by atoms with van der Waals surface area (Å²) in [6, 6.07) is 12.5. The van der Waals surface area contributed by atoms with E-state index in [1.807, 2.05) is 26.0 Å². The van der Waals surface area contributed by atoms with Crippen molar-refractivity contribution in [2.24, 2.45) is 0 Å². The topological polar surface area (TPSA) is 25.8 Å². The molecule has 3 aromatic rings. The van der Waals surface area contributed by atoms with E-state index in [1.165, 1.54) is 0 Å². The minimum Gasteiger partial charge on any atom is -0.358 e. The van der Waals surface area contributed by atoms with Gasteiger partial charge in [0, 0.05) is 22.2 Å². The van der Waals surface area contributed by atoms with Gasteiger partial charge in [-0.2, -0.15) is 0 Å². The Morgan fingerprint density at radius 3 is 1.39 bits per heavy atom. The Morgan fingerprint density at radius 1 is 0.667 bits per heavy atom. The molecule has 2 aromatic heterocycles. The van der Waals surface area contributed by atoms with Crippen molar-refractivity contribution in [3.8, 4) is 0 Å². The largest absolute Gasteiger partial charge is 2.00 e. The first kappa shape index (κ1) is 14.8. The zero-order valence-electron chi connectivity index (χ0n) is 10.7. The van der Waals surface area contributed by atoms with Gasteiger partial charge in [0.2, 0.25) is 0 Å². The van der Waals surface area contributed by atoms with Crippen LogP contribution in [0, 0.1) is 21.3 Å². The Kier molecular flexibility index (Phi) is 4.56. The van der Waals surface area contributed by atoms with Crippen LogP contribution < -0.4 is 0 Å². The second-order valence-corrected chi connectivity index (χ2v) is 4.11. The predicted octanol–water partition coefficient (Wildman–Crippen LogP) is 3.85. The van der Waals surface area contributed by atoms with Crippen molar-refractivity contribution < 1.29 is 20.4 Å². The maximum absolute atomic E-state index is 4.58. The molecular formula is C15H15N2Pd+. The minimum atomic E-state index is 0. The van der Waals surface area contributed by atoms with Crippen molar-refractivity contribution in [2.45, 2.75) is 13.8 Å². The van der Waals surface area contributed by atoms with Gasteiger partial charge in [-0.1, -0.05) is 24.3 Å². The van der Waals surface area contributed by atoms with Crippen LogP contribution >= 0.6 is 0 Å². The summed E-state index contributed by atoms with van der Waals surface area (Å²) in [6.45, 7) is 4.02. The van der Waals surface area contributed by atoms with Gasteiger partial charge in [-0.15, -0.1) is 0 Å². The van der Waals surface area contributed by atoms with Crippen LogP contribution in [0.2, 0.25) is 0 Å². The molecule has 0 atom stereocenters. The van der Waals surface area contributed by atoms with Gasteiger partial charge in [-0.25, -0.2) is 0 Å². The van der Waals surface area contributed by atoms with Crippen molar-refractivity contribution >= 4 is 21.8 Å². The number of rotatable bonds is 0. The van der Waals surface area contributed by atoms with Crippen LogP contribution in [0.3, 0.4) is 0 Å². The average Bonchev–Trinajstić information content (AvgIpc) is 2.29. The Bertz CT molecular complexity index is 632. The van der Waals surface area contributed by atoms with E-state index in [-0.39, 0.29) is 27.8 Å². The molecule has 0 saturated heterocycles. The number of pyridine rings is 2. The standard InChI is InChI=1S/C14H12N2.CH3.Pd/c1-9-3-5-11-7-8-12-6-4-10(2)16-14(12)13(11)15-9;;/h3-8H,1-2H3;1H3;/q;-1;+2. The van der Waals surface area contributed by atoms with Crippen molar-refractivity contribution in [3.63, 3.8) is 0 Å². The molecule has 0 fully saturated rings. The summed E-state index contributed by atoms with van der Waals surface area (Å²) in [7, 11) is 0. The SMILES string of the molecule is Cc1ccc2ccc3ccc(C)nc3c2n1.[CH3-].[Pd+2]. The first-order valence-corrected chi connectivity index (χ1v) is 5.38. The Hall–Kier alpha value is -1.30. The fraction of sp³-hybridized carbons (Fsp3) is 0.133. The summed E-state index contributed by atoms with van der Waals surface area (Å²) < 4.78 is 0. The van der Waals surface area contributed by atoms with Gasteiger partial charge in [0.25, 0.3) is 0 Å². The predicted molar refractivity (Wildman–Crippen MR) is 72.9 cm³/mol. The summed E-state index contributed by atoms with van der Waals surface area (Å²) in [4.78, 5) is 9.16. The smallest absolute Gasteiger partial charge is 0.358 e. The summed E-state index contributed by atoms with van der Waals surface area (Å²) in [5.41, 5.74) is 4.06. The first-order chi connectivity index (χ1) is 7.74. The molecule has 18 heavy (non-hydrogen) atoms. The third kappa shape index (κ3) is 2.43. The monoisotopic (exact) mass is 329 g/mol. The van der Waals surface area contributed by atoms with E-state index in [1.54, 1.807) is 0 Å². The number of nitrogens with zero attached hydrogens (tertiary/aromatic N) is 2. The van der Waals surface area contributed by atoms with Crippen LogP contribution in [0.15, 0.2) is 36.4 Å². The molecule has 0 unspecified atom stereocenters. The molecule has 0 radical (unpaired) electrons. The summed E-state index contributed by atoms with van der Waals surface area (Å²) in [5.74, 6) is 0. The van der Waals surface area contributed by atoms with Gasteiger partial charge in [0.05, 0.1) is 11.0 Å². The van der Waals surface area contributed by atoms with E-state index in [0.717, 1.165) is 33.2 Å². The number of hydrogen-bond donors (Lipinski definition) is 0. The van der Waals surface area contributed by atoms with E-state index in [0.29, 0.717) is 0 Å². The third-order valence-electron chi connectivity index (χ3n) is 2.80. The van der Waals surface area contributed by atoms with E-state index < -0.39 is 0 Å². The van der Waals surface area contributed by atoms with Gasteiger partial charge in [0.1, 0.15) is 0 Å². The van der Waals surface area contributed by atoms with Crippen LogP contribution in [0.4, 0.5) is 0 Å². The molecule has 0 saturated carbocycles. The molecule has 3 rings (SSSR count). The summed E-state index contributed by atoms with van der Waals surface area (Å²) in [6.07, 6.45) is 0. The second-order valence-electron chi connectivity index (χ2n) is 4.11. The number of fused-ring (bicyclic) bond motifs is 3. The number of aromatic nitrogens is 2. The van der Waals surface area contributed by atoms with Gasteiger partial charge in [0.15, 0.2) is 0 Å². The summed E-state index contributed by atoms with van der Waals surface area (Å²) >= 11 is 0. The third-order valence-corrected chi connectivity index (χ3v) is 2.80. The van der Waals surface area contributed by atoms with Gasteiger partial charge < -0.3 is 7.43 Å². The molecule has 94 valence electrons. The van der Waals surface area contributed by atoms with E-state index in [9.17, 15) is 0 Å². The molecule has 0 aliphatic rings. The molecule has 0 N–H and O–H groups in total. The van der Waals surface area contributed by atoms with Crippen LogP contribution in [-0.2, 0) is 20.4 Å². The summed E-state index contributed by atoms with van der Waals surface area (Å²) in [5, 5.41) is 2.30. The normalized spacial score (nSPS) is 9.89. The molecule has 1 aromatic carbocycles. The molecule has 0 spiro atoms. The van der Waals surface area contributed by atoms with Crippen LogP contribution in [0.5, 0.6) is 0 Å². The van der Waals surface area contributed by atoms with Crippen molar-refractivity contribution in [1.82, 2.24) is 9.97 Å². The van der Waals surface area contributed by atoms with Crippen molar-refractivity contribution in [1.29, 1.82) is 0 Å². The van der Waals surface area contributed by atoms with Crippen LogP contribution in [0.1, 0.15) is 11.4 Å². The molecule has 0 aliphatic heterocycles. The second kappa shape index (κ2) is 5.56. The molecule has 3 heteroatoms. The zero-order valence-corrected chi connectivity index (χ0v) is 12.2. The zero-order chi connectivity index (χ0) is 11.1. The first-order valence-electron chi connectivity index (χ1n) is 5.38. The van der Waals surface area contributed by atoms with Crippen LogP contribution in [0.25, 0.3) is 21.8 Å². The quantitative estimate of drug-likeness (QED) is 0.356. The van der Waals surface area contributed by atoms with Gasteiger partial charge in [-0.05, 0) is 26.0 Å². The van der Waals surface area contributed by atoms with Crippen molar-refractivity contribution in [2.75, 3.05) is 0 Å². The van der Waals surface area contributed by atoms with Gasteiger partial charge in [-0.3, -0.25) is 9.97 Å². The van der Waals surface area contributed by atoms with Crippen LogP contribution in [-0.4, -0.2) is 9.97 Å². The molecule has 2 heterocycles. The van der Waals surface area contributed by atoms with E-state index in [2.05, 4.69) is 34.2 Å². The minimum absolute atomic E-state index is 0. The molecule has 0 amide bonds. The Labute approximate surface area is 121 Å². The average molecular weight is 330 g/mol. The maximum Gasteiger partial charge on any atom is 2.00 e. The van der Waals surface area contributed by atoms with Gasteiger partial charge >= 0.3 is 20.4 Å². The fourth-order valence-corrected chi connectivity index (χ4v) is 1.96.